The van der Waals surface area contributed by atoms with Gasteiger partial charge in [0.2, 0.25) is 5.91 Å². The number of nitrogens with one attached hydrogen (secondary N) is 1. The van der Waals surface area contributed by atoms with Crippen LogP contribution in [0.4, 0.5) is 0 Å². The lowest BCUT2D eigenvalue weighted by Gasteiger charge is -2.32. The van der Waals surface area contributed by atoms with E-state index in [4.69, 9.17) is 0 Å². The summed E-state index contributed by atoms with van der Waals surface area (Å²) in [6.45, 7) is 2.12. The van der Waals surface area contributed by atoms with Crippen molar-refractivity contribution < 1.29 is 9.90 Å². The number of rotatable bonds is 5. The van der Waals surface area contributed by atoms with E-state index in [2.05, 4.69) is 21.2 Å². The Labute approximate surface area is 122 Å². The molecule has 2 fully saturated rings. The summed E-state index contributed by atoms with van der Waals surface area (Å²) < 4.78 is 0. The van der Waals surface area contributed by atoms with Crippen LogP contribution in [0.3, 0.4) is 0 Å². The minimum Gasteiger partial charge on any atom is -0.387 e. The molecule has 0 aromatic carbocycles. The summed E-state index contributed by atoms with van der Waals surface area (Å²) in [5.74, 6) is 1.48. The molecule has 18 heavy (non-hydrogen) atoms. The van der Waals surface area contributed by atoms with Crippen LogP contribution < -0.4 is 5.32 Å². The molecule has 0 aromatic rings. The van der Waals surface area contributed by atoms with E-state index in [9.17, 15) is 9.90 Å². The Morgan fingerprint density at radius 3 is 2.89 bits per heavy atom. The van der Waals surface area contributed by atoms with E-state index in [1.54, 1.807) is 18.7 Å². The molecule has 0 spiro atoms. The summed E-state index contributed by atoms with van der Waals surface area (Å²) in [5, 5.41) is 13.1. The molecule has 4 atom stereocenters. The van der Waals surface area contributed by atoms with E-state index in [0.717, 1.165) is 19.3 Å². The Kier molecular flexibility index (Phi) is 4.34. The van der Waals surface area contributed by atoms with Crippen molar-refractivity contribution in [1.82, 2.24) is 5.32 Å². The maximum atomic E-state index is 12.4. The molecule has 0 aliphatic heterocycles. The number of aliphatic hydroxyl groups is 1. The highest BCUT2D eigenvalue weighted by Gasteiger charge is 2.55. The average molecular weight is 336 g/mol. The first kappa shape index (κ1) is 14.7. The van der Waals surface area contributed by atoms with E-state index in [1.807, 2.05) is 6.26 Å². The largest absolute Gasteiger partial charge is 0.387 e. The first-order chi connectivity index (χ1) is 8.39. The first-order valence-corrected chi connectivity index (χ1v) is 8.84. The molecular weight excluding hydrogens is 314 g/mol. The Balaban J connectivity index is 1.92. The van der Waals surface area contributed by atoms with Crippen LogP contribution in [0.5, 0.6) is 0 Å². The Morgan fingerprint density at radius 1 is 1.67 bits per heavy atom. The lowest BCUT2D eigenvalue weighted by molar-refractivity contribution is -0.131. The zero-order valence-corrected chi connectivity index (χ0v) is 13.4. The van der Waals surface area contributed by atoms with Crippen molar-refractivity contribution in [2.24, 2.45) is 11.3 Å². The third-order valence-electron chi connectivity index (χ3n) is 4.33. The van der Waals surface area contributed by atoms with E-state index in [-0.39, 0.29) is 11.3 Å². The highest BCUT2D eigenvalue weighted by atomic mass is 79.9. The van der Waals surface area contributed by atoms with E-state index in [1.165, 1.54) is 6.42 Å². The summed E-state index contributed by atoms with van der Waals surface area (Å²) in [6, 6.07) is 0. The third-order valence-corrected chi connectivity index (χ3v) is 6.49. The first-order valence-electron chi connectivity index (χ1n) is 6.53. The van der Waals surface area contributed by atoms with Gasteiger partial charge in [-0.1, -0.05) is 15.9 Å². The molecule has 0 saturated heterocycles. The van der Waals surface area contributed by atoms with Gasteiger partial charge in [0.05, 0.1) is 11.0 Å². The molecule has 2 saturated carbocycles. The maximum Gasteiger partial charge on any atom is 0.227 e. The molecule has 0 radical (unpaired) electrons. The molecule has 0 unspecified atom stereocenters. The Morgan fingerprint density at radius 2 is 2.39 bits per heavy atom. The van der Waals surface area contributed by atoms with Gasteiger partial charge in [-0.2, -0.15) is 11.8 Å². The van der Waals surface area contributed by atoms with E-state index < -0.39 is 5.60 Å². The minimum atomic E-state index is -0.815. The molecule has 2 aliphatic carbocycles. The lowest BCUT2D eigenvalue weighted by atomic mass is 9.83. The topological polar surface area (TPSA) is 49.3 Å². The molecule has 5 heteroatoms. The predicted molar refractivity (Wildman–Crippen MR) is 79.1 cm³/mol. The van der Waals surface area contributed by atoms with Crippen LogP contribution >= 0.6 is 27.7 Å². The van der Waals surface area contributed by atoms with Gasteiger partial charge in [-0.25, -0.2) is 0 Å². The molecule has 2 bridgehead atoms. The van der Waals surface area contributed by atoms with Gasteiger partial charge in [0.15, 0.2) is 0 Å². The molecule has 2 aliphatic rings. The van der Waals surface area contributed by atoms with Crippen molar-refractivity contribution in [2.75, 3.05) is 18.6 Å². The highest BCUT2D eigenvalue weighted by molar-refractivity contribution is 9.09. The second kappa shape index (κ2) is 5.33. The van der Waals surface area contributed by atoms with Crippen molar-refractivity contribution in [3.05, 3.63) is 0 Å². The summed E-state index contributed by atoms with van der Waals surface area (Å²) in [6.07, 6.45) is 6.26. The maximum absolute atomic E-state index is 12.4. The zero-order valence-electron chi connectivity index (χ0n) is 11.0. The van der Waals surface area contributed by atoms with Gasteiger partial charge in [0.25, 0.3) is 0 Å². The summed E-state index contributed by atoms with van der Waals surface area (Å²) >= 11 is 5.27. The molecule has 2 N–H and O–H groups in total. The number of carbonyl (C=O) groups is 1. The van der Waals surface area contributed by atoms with Crippen LogP contribution in [-0.4, -0.2) is 40.0 Å². The normalized spacial score (nSPS) is 37.6. The third kappa shape index (κ3) is 2.73. The standard InChI is InChI=1S/C13H22BrNO2S/c1-12(17,8-18-2)7-15-11(16)13-4-3-9(6-13)5-10(13)14/h9-10,17H,3-8H2,1-2H3,(H,15,16)/t9-,10-,12-,13-/m0/s1. The number of thioether (sulfide) groups is 1. The Bertz CT molecular complexity index is 337. The van der Waals surface area contributed by atoms with Gasteiger partial charge >= 0.3 is 0 Å². The summed E-state index contributed by atoms with van der Waals surface area (Å²) in [5.41, 5.74) is -1.02. The molecule has 3 nitrogen and oxygen atoms in total. The monoisotopic (exact) mass is 335 g/mol. The van der Waals surface area contributed by atoms with Crippen molar-refractivity contribution in [3.63, 3.8) is 0 Å². The summed E-state index contributed by atoms with van der Waals surface area (Å²) in [4.78, 5) is 12.7. The van der Waals surface area contributed by atoms with Gasteiger partial charge in [0, 0.05) is 17.1 Å². The van der Waals surface area contributed by atoms with Crippen molar-refractivity contribution >= 4 is 33.6 Å². The average Bonchev–Trinajstić information content (AvgIpc) is 2.84. The summed E-state index contributed by atoms with van der Waals surface area (Å²) in [7, 11) is 0. The molecule has 104 valence electrons. The number of amides is 1. The smallest absolute Gasteiger partial charge is 0.227 e. The highest BCUT2D eigenvalue weighted by Crippen LogP contribution is 2.57. The fraction of sp³-hybridized carbons (Fsp3) is 0.923. The number of halogens is 1. The molecule has 0 heterocycles. The fourth-order valence-corrected chi connectivity index (χ4v) is 5.22. The van der Waals surface area contributed by atoms with Gasteiger partial charge in [-0.05, 0) is 44.8 Å². The number of hydrogen-bond donors (Lipinski definition) is 2. The van der Waals surface area contributed by atoms with Crippen molar-refractivity contribution in [1.29, 1.82) is 0 Å². The Hall–Kier alpha value is 0.260. The number of carbonyl (C=O) groups excluding carboxylic acids is 1. The lowest BCUT2D eigenvalue weighted by Crippen LogP contribution is -2.49. The van der Waals surface area contributed by atoms with Crippen LogP contribution in [0.2, 0.25) is 0 Å². The van der Waals surface area contributed by atoms with E-state index in [0.29, 0.717) is 23.0 Å². The molecule has 0 aromatic heterocycles. The van der Waals surface area contributed by atoms with Gasteiger partial charge in [-0.15, -0.1) is 0 Å². The number of alkyl halides is 1. The quantitative estimate of drug-likeness (QED) is 0.757. The van der Waals surface area contributed by atoms with Crippen molar-refractivity contribution in [3.8, 4) is 0 Å². The van der Waals surface area contributed by atoms with Crippen LogP contribution in [0.25, 0.3) is 0 Å². The molecular formula is C13H22BrNO2S. The fourth-order valence-electron chi connectivity index (χ4n) is 3.34. The number of hydrogen-bond acceptors (Lipinski definition) is 3. The van der Waals surface area contributed by atoms with Gasteiger partial charge in [-0.3, -0.25) is 4.79 Å². The van der Waals surface area contributed by atoms with Gasteiger partial charge < -0.3 is 10.4 Å². The number of fused-ring (bicyclic) bond motifs is 2. The molecule has 1 amide bonds. The van der Waals surface area contributed by atoms with Crippen molar-refractivity contribution in [2.45, 2.75) is 43.0 Å². The van der Waals surface area contributed by atoms with Gasteiger partial charge in [0.1, 0.15) is 0 Å². The van der Waals surface area contributed by atoms with E-state index >= 15 is 0 Å². The second-order valence-electron chi connectivity index (χ2n) is 6.08. The minimum absolute atomic E-state index is 0.130. The van der Waals surface area contributed by atoms with Crippen LogP contribution in [-0.2, 0) is 4.79 Å². The zero-order chi connectivity index (χ0) is 13.4. The van der Waals surface area contributed by atoms with Crippen LogP contribution in [0.15, 0.2) is 0 Å². The SMILES string of the molecule is CSC[C@@](C)(O)CNC(=O)[C@]12CC[C@@H](C[C@@H]1Br)C2. The molecule has 2 rings (SSSR count). The van der Waals surface area contributed by atoms with Crippen LogP contribution in [0, 0.1) is 11.3 Å². The second-order valence-corrected chi connectivity index (χ2v) is 8.05. The predicted octanol–water partition coefficient (Wildman–Crippen LogP) is 2.17. The van der Waals surface area contributed by atoms with Crippen LogP contribution in [0.1, 0.15) is 32.6 Å².